The average Bonchev–Trinajstić information content (AvgIpc) is 2.33. The van der Waals surface area contributed by atoms with Gasteiger partial charge in [-0.15, -0.1) is 5.23 Å². The highest BCUT2D eigenvalue weighted by Gasteiger charge is 2.05. The lowest BCUT2D eigenvalue weighted by molar-refractivity contribution is -0.963. The van der Waals surface area contributed by atoms with E-state index in [0.29, 0.717) is 17.1 Å². The summed E-state index contributed by atoms with van der Waals surface area (Å²) < 4.78 is 0. The van der Waals surface area contributed by atoms with E-state index in [0.717, 1.165) is 0 Å². The largest absolute Gasteiger partial charge is 0.585 e. The van der Waals surface area contributed by atoms with Crippen molar-refractivity contribution in [1.29, 1.82) is 0 Å². The van der Waals surface area contributed by atoms with Gasteiger partial charge in [0.2, 0.25) is 0 Å². The zero-order valence-corrected chi connectivity index (χ0v) is 8.96. The Morgan fingerprint density at radius 3 is 2.18 bits per heavy atom. The fourth-order valence-corrected chi connectivity index (χ4v) is 1.30. The minimum Gasteiger partial charge on any atom is -0.585 e. The Morgan fingerprint density at radius 1 is 1.00 bits per heavy atom. The van der Waals surface area contributed by atoms with E-state index in [2.05, 4.69) is 0 Å². The van der Waals surface area contributed by atoms with Crippen molar-refractivity contribution >= 4 is 11.4 Å². The number of aromatic hydroxyl groups is 1. The molecule has 0 spiro atoms. The molecule has 0 saturated heterocycles. The maximum atomic E-state index is 11.7. The Labute approximate surface area is 98.2 Å². The second-order valence-electron chi connectivity index (χ2n) is 3.51. The maximum absolute atomic E-state index is 11.7. The van der Waals surface area contributed by atoms with Gasteiger partial charge in [-0.2, -0.15) is 0 Å². The predicted molar refractivity (Wildman–Crippen MR) is 63.6 cm³/mol. The monoisotopic (exact) mass is 232 g/mol. The molecule has 5 heteroatoms. The molecule has 1 unspecified atom stereocenters. The second kappa shape index (κ2) is 4.73. The number of hydrogen-bond donors (Lipinski definition) is 3. The van der Waals surface area contributed by atoms with Gasteiger partial charge in [-0.1, -0.05) is 0 Å². The number of nitrogens with one attached hydrogen (secondary N) is 1. The molecule has 0 aromatic heterocycles. The van der Waals surface area contributed by atoms with E-state index >= 15 is 0 Å². The van der Waals surface area contributed by atoms with Gasteiger partial charge in [-0.25, -0.2) is 0 Å². The van der Waals surface area contributed by atoms with Crippen molar-refractivity contribution in [3.05, 3.63) is 53.7 Å². The highest BCUT2D eigenvalue weighted by Crippen LogP contribution is 2.13. The van der Waals surface area contributed by atoms with Gasteiger partial charge < -0.3 is 20.9 Å². The number of rotatable bonds is 3. The number of quaternary nitrogens is 1. The molecule has 2 aromatic rings. The Bertz CT molecular complexity index is 482. The van der Waals surface area contributed by atoms with Crippen LogP contribution in [0.1, 0.15) is 0 Å². The van der Waals surface area contributed by atoms with Crippen LogP contribution in [0.2, 0.25) is 0 Å². The molecule has 0 fully saturated rings. The molecule has 0 aliphatic rings. The minimum atomic E-state index is -0.477. The van der Waals surface area contributed by atoms with Crippen molar-refractivity contribution in [2.24, 2.45) is 0 Å². The Morgan fingerprint density at radius 2 is 1.59 bits per heavy atom. The number of phenolic OH excluding ortho intramolecular Hbond substituents is 1. The standard InChI is InChI=1S/C12H12N2O3/c13-9-1-7-12(8-2-9)17-14(16)10-3-5-11(15)6-4-10/h1-8,14-15H,13H2. The van der Waals surface area contributed by atoms with Crippen LogP contribution in [0, 0.1) is 5.21 Å². The summed E-state index contributed by atoms with van der Waals surface area (Å²) >= 11 is 0. The molecule has 2 rings (SSSR count). The number of nitrogens with two attached hydrogens (primary N) is 1. The summed E-state index contributed by atoms with van der Waals surface area (Å²) in [4.78, 5) is 5.12. The molecule has 1 atom stereocenters. The van der Waals surface area contributed by atoms with Gasteiger partial charge >= 0.3 is 0 Å². The molecule has 0 bridgehead atoms. The highest BCUT2D eigenvalue weighted by atomic mass is 16.9. The van der Waals surface area contributed by atoms with E-state index in [9.17, 15) is 5.21 Å². The summed E-state index contributed by atoms with van der Waals surface area (Å²) in [6.07, 6.45) is 0. The minimum absolute atomic E-state index is 0.106. The molecule has 0 radical (unpaired) electrons. The van der Waals surface area contributed by atoms with Crippen molar-refractivity contribution in [1.82, 2.24) is 0 Å². The third kappa shape index (κ3) is 2.87. The predicted octanol–water partition coefficient (Wildman–Crippen LogP) is 0.983. The van der Waals surface area contributed by atoms with Crippen molar-refractivity contribution in [2.75, 3.05) is 5.73 Å². The summed E-state index contributed by atoms with van der Waals surface area (Å²) in [5.74, 6) is 0.534. The molecule has 0 saturated carbocycles. The van der Waals surface area contributed by atoms with Crippen LogP contribution >= 0.6 is 0 Å². The number of nitrogen functional groups attached to an aromatic ring is 1. The smallest absolute Gasteiger partial charge is 0.191 e. The fourth-order valence-electron chi connectivity index (χ4n) is 1.30. The Balaban J connectivity index is 2.08. The van der Waals surface area contributed by atoms with E-state index in [1.807, 2.05) is 0 Å². The molecule has 0 amide bonds. The quantitative estimate of drug-likeness (QED) is 0.418. The van der Waals surface area contributed by atoms with Crippen LogP contribution in [-0.4, -0.2) is 5.11 Å². The van der Waals surface area contributed by atoms with Gasteiger partial charge in [-0.3, -0.25) is 0 Å². The van der Waals surface area contributed by atoms with Crippen LogP contribution in [-0.2, 0) is 0 Å². The fraction of sp³-hybridized carbons (Fsp3) is 0. The molecular weight excluding hydrogens is 220 g/mol. The SMILES string of the molecule is Nc1ccc(O[NH+]([O-])c2ccc(O)cc2)cc1. The molecule has 88 valence electrons. The zero-order chi connectivity index (χ0) is 12.3. The summed E-state index contributed by atoms with van der Waals surface area (Å²) in [5.41, 5.74) is 6.50. The van der Waals surface area contributed by atoms with Gasteiger partial charge in [0.15, 0.2) is 11.4 Å². The molecule has 0 aliphatic carbocycles. The second-order valence-corrected chi connectivity index (χ2v) is 3.51. The summed E-state index contributed by atoms with van der Waals surface area (Å²) in [6.45, 7) is 0. The zero-order valence-electron chi connectivity index (χ0n) is 8.96. The number of hydrogen-bond acceptors (Lipinski definition) is 4. The first-order valence-electron chi connectivity index (χ1n) is 5.02. The maximum Gasteiger partial charge on any atom is 0.191 e. The Hall–Kier alpha value is -2.24. The van der Waals surface area contributed by atoms with E-state index in [-0.39, 0.29) is 5.75 Å². The van der Waals surface area contributed by atoms with Crippen LogP contribution < -0.4 is 15.8 Å². The summed E-state index contributed by atoms with van der Waals surface area (Å²) in [7, 11) is 0. The lowest BCUT2D eigenvalue weighted by Gasteiger charge is -2.19. The van der Waals surface area contributed by atoms with E-state index in [4.69, 9.17) is 15.7 Å². The molecule has 0 heterocycles. The third-order valence-corrected chi connectivity index (χ3v) is 2.19. The van der Waals surface area contributed by atoms with Crippen LogP contribution in [0.25, 0.3) is 0 Å². The summed E-state index contributed by atoms with van der Waals surface area (Å²) in [5, 5.41) is 20.3. The molecule has 2 aromatic carbocycles. The molecule has 17 heavy (non-hydrogen) atoms. The van der Waals surface area contributed by atoms with Gasteiger partial charge in [0.25, 0.3) is 0 Å². The number of anilines is 1. The topological polar surface area (TPSA) is 83.0 Å². The van der Waals surface area contributed by atoms with E-state index in [1.54, 1.807) is 24.3 Å². The van der Waals surface area contributed by atoms with Gasteiger partial charge in [0.1, 0.15) is 5.75 Å². The molecule has 0 aliphatic heterocycles. The molecule has 4 N–H and O–H groups in total. The highest BCUT2D eigenvalue weighted by molar-refractivity contribution is 5.41. The number of benzene rings is 2. The van der Waals surface area contributed by atoms with Crippen molar-refractivity contribution < 1.29 is 15.2 Å². The van der Waals surface area contributed by atoms with Crippen molar-refractivity contribution in [2.45, 2.75) is 0 Å². The molecular formula is C12H12N2O3. The van der Waals surface area contributed by atoms with Gasteiger partial charge in [-0.05, 0) is 36.4 Å². The van der Waals surface area contributed by atoms with Crippen LogP contribution in [0.4, 0.5) is 11.4 Å². The first-order chi connectivity index (χ1) is 8.15. The number of phenols is 1. The van der Waals surface area contributed by atoms with Crippen LogP contribution in [0.5, 0.6) is 11.5 Å². The van der Waals surface area contributed by atoms with Crippen molar-refractivity contribution in [3.8, 4) is 11.5 Å². The van der Waals surface area contributed by atoms with Gasteiger partial charge in [0.05, 0.1) is 0 Å². The average molecular weight is 232 g/mol. The molecule has 5 nitrogen and oxygen atoms in total. The third-order valence-electron chi connectivity index (χ3n) is 2.19. The normalized spacial score (nSPS) is 12.1. The van der Waals surface area contributed by atoms with Gasteiger partial charge in [0, 0.05) is 17.8 Å². The van der Waals surface area contributed by atoms with Crippen molar-refractivity contribution in [3.63, 3.8) is 0 Å². The van der Waals surface area contributed by atoms with Crippen LogP contribution in [0.3, 0.4) is 0 Å². The lowest BCUT2D eigenvalue weighted by atomic mass is 10.3. The first kappa shape index (κ1) is 11.3. The van der Waals surface area contributed by atoms with E-state index in [1.165, 1.54) is 24.3 Å². The van der Waals surface area contributed by atoms with E-state index < -0.39 is 5.23 Å². The summed E-state index contributed by atoms with van der Waals surface area (Å²) in [6, 6.07) is 12.4. The first-order valence-corrected chi connectivity index (χ1v) is 5.02. The van der Waals surface area contributed by atoms with Crippen LogP contribution in [0.15, 0.2) is 48.5 Å². The Kier molecular flexibility index (Phi) is 3.13. The lowest BCUT2D eigenvalue weighted by Crippen LogP contribution is -3.04.